The number of hydrogen-bond acceptors (Lipinski definition) is 4. The first kappa shape index (κ1) is 20.7. The standard InChI is InChI=1S/C27H30N4O/c1-20-16-21(2)29-26(28-20)30-14-12-27(13-15-30)17-23-10-6-7-11-24(23)19-31(25(27)32)18-22-8-4-3-5-9-22/h3-11,16H,12-15,17-19H2,1-2H3. The van der Waals surface area contributed by atoms with Gasteiger partial charge in [-0.2, -0.15) is 0 Å². The number of aryl methyl sites for hydroxylation is 2. The van der Waals surface area contributed by atoms with E-state index in [9.17, 15) is 4.79 Å². The summed E-state index contributed by atoms with van der Waals surface area (Å²) in [4.78, 5) is 27.7. The minimum absolute atomic E-state index is 0.290. The van der Waals surface area contributed by atoms with Gasteiger partial charge in [-0.05, 0) is 55.9 Å². The van der Waals surface area contributed by atoms with Crippen LogP contribution in [0.4, 0.5) is 5.95 Å². The van der Waals surface area contributed by atoms with Crippen LogP contribution in [0.15, 0.2) is 60.7 Å². The Bertz CT molecular complexity index is 1100. The highest BCUT2D eigenvalue weighted by Crippen LogP contribution is 2.41. The number of carbonyl (C=O) groups is 1. The molecule has 0 unspecified atom stereocenters. The second kappa shape index (κ2) is 8.38. The molecular weight excluding hydrogens is 396 g/mol. The second-order valence-electron chi connectivity index (χ2n) is 9.31. The topological polar surface area (TPSA) is 49.3 Å². The lowest BCUT2D eigenvalue weighted by Gasteiger charge is -2.42. The number of fused-ring (bicyclic) bond motifs is 1. The molecule has 5 heteroatoms. The van der Waals surface area contributed by atoms with Crippen molar-refractivity contribution >= 4 is 11.9 Å². The van der Waals surface area contributed by atoms with E-state index >= 15 is 0 Å². The first-order valence-electron chi connectivity index (χ1n) is 11.5. The van der Waals surface area contributed by atoms with Crippen molar-refractivity contribution in [2.24, 2.45) is 5.41 Å². The molecule has 1 amide bonds. The summed E-state index contributed by atoms with van der Waals surface area (Å²) >= 11 is 0. The second-order valence-corrected chi connectivity index (χ2v) is 9.31. The van der Waals surface area contributed by atoms with E-state index in [1.54, 1.807) is 0 Å². The van der Waals surface area contributed by atoms with Crippen LogP contribution in [0.25, 0.3) is 0 Å². The normalized spacial score (nSPS) is 17.9. The van der Waals surface area contributed by atoms with Crippen LogP contribution in [0.1, 0.15) is 40.9 Å². The number of benzene rings is 2. The highest BCUT2D eigenvalue weighted by molar-refractivity contribution is 5.84. The van der Waals surface area contributed by atoms with Crippen LogP contribution in [0.5, 0.6) is 0 Å². The number of rotatable bonds is 3. The number of hydrogen-bond donors (Lipinski definition) is 0. The van der Waals surface area contributed by atoms with Crippen LogP contribution in [0, 0.1) is 19.3 Å². The first-order chi connectivity index (χ1) is 15.5. The maximum absolute atomic E-state index is 14.0. The SMILES string of the molecule is Cc1cc(C)nc(N2CCC3(CC2)Cc2ccccc2CN(Cc2ccccc2)C3=O)n1. The number of nitrogens with zero attached hydrogens (tertiary/aromatic N) is 4. The van der Waals surface area contributed by atoms with Gasteiger partial charge in [0.25, 0.3) is 0 Å². The summed E-state index contributed by atoms with van der Waals surface area (Å²) in [5.41, 5.74) is 5.37. The van der Waals surface area contributed by atoms with Gasteiger partial charge in [0, 0.05) is 37.6 Å². The highest BCUT2D eigenvalue weighted by atomic mass is 16.2. The quantitative estimate of drug-likeness (QED) is 0.620. The Morgan fingerprint density at radius 3 is 2.19 bits per heavy atom. The molecule has 3 aromatic rings. The van der Waals surface area contributed by atoms with Gasteiger partial charge in [0.15, 0.2) is 0 Å². The third kappa shape index (κ3) is 3.99. The Morgan fingerprint density at radius 2 is 1.50 bits per heavy atom. The maximum Gasteiger partial charge on any atom is 0.229 e. The molecule has 0 saturated carbocycles. The highest BCUT2D eigenvalue weighted by Gasteiger charge is 2.46. The van der Waals surface area contributed by atoms with Gasteiger partial charge < -0.3 is 9.80 Å². The molecule has 0 atom stereocenters. The van der Waals surface area contributed by atoms with E-state index < -0.39 is 0 Å². The van der Waals surface area contributed by atoms with Crippen LogP contribution in [-0.2, 0) is 24.3 Å². The summed E-state index contributed by atoms with van der Waals surface area (Å²) in [5.74, 6) is 1.08. The van der Waals surface area contributed by atoms with Gasteiger partial charge in [-0.3, -0.25) is 4.79 Å². The van der Waals surface area contributed by atoms with E-state index in [0.29, 0.717) is 19.0 Å². The van der Waals surface area contributed by atoms with E-state index in [1.165, 1.54) is 16.7 Å². The molecule has 5 rings (SSSR count). The van der Waals surface area contributed by atoms with Crippen LogP contribution in [0.2, 0.25) is 0 Å². The molecule has 0 aliphatic carbocycles. The van der Waals surface area contributed by atoms with Gasteiger partial charge in [-0.1, -0.05) is 54.6 Å². The van der Waals surface area contributed by atoms with Gasteiger partial charge in [-0.15, -0.1) is 0 Å². The zero-order chi connectivity index (χ0) is 22.1. The molecule has 164 valence electrons. The number of amides is 1. The van der Waals surface area contributed by atoms with Crippen molar-refractivity contribution in [1.82, 2.24) is 14.9 Å². The van der Waals surface area contributed by atoms with Gasteiger partial charge >= 0.3 is 0 Å². The third-order valence-corrected chi connectivity index (χ3v) is 6.94. The number of aromatic nitrogens is 2. The summed E-state index contributed by atoms with van der Waals surface area (Å²) in [6.07, 6.45) is 2.46. The van der Waals surface area contributed by atoms with E-state index in [0.717, 1.165) is 49.7 Å². The van der Waals surface area contributed by atoms with Crippen molar-refractivity contribution in [2.45, 2.75) is 46.2 Å². The predicted molar refractivity (Wildman–Crippen MR) is 126 cm³/mol. The summed E-state index contributed by atoms with van der Waals surface area (Å²) in [5, 5.41) is 0. The van der Waals surface area contributed by atoms with Crippen LogP contribution in [-0.4, -0.2) is 33.9 Å². The molecule has 1 aromatic heterocycles. The summed E-state index contributed by atoms with van der Waals surface area (Å²) in [6.45, 7) is 6.95. The number of piperidine rings is 1. The van der Waals surface area contributed by atoms with Gasteiger partial charge in [0.1, 0.15) is 0 Å². The summed E-state index contributed by atoms with van der Waals surface area (Å²) in [6, 6.07) is 20.9. The van der Waals surface area contributed by atoms with Crippen LogP contribution < -0.4 is 4.90 Å². The Hall–Kier alpha value is -3.21. The number of anilines is 1. The zero-order valence-electron chi connectivity index (χ0n) is 18.9. The molecule has 0 radical (unpaired) electrons. The van der Waals surface area contributed by atoms with E-state index in [1.807, 2.05) is 38.1 Å². The fourth-order valence-corrected chi connectivity index (χ4v) is 5.24. The smallest absolute Gasteiger partial charge is 0.229 e. The molecule has 1 spiro atoms. The monoisotopic (exact) mass is 426 g/mol. The number of carbonyl (C=O) groups excluding carboxylic acids is 1. The average Bonchev–Trinajstić information content (AvgIpc) is 2.90. The Balaban J connectivity index is 1.43. The van der Waals surface area contributed by atoms with E-state index in [-0.39, 0.29) is 5.41 Å². The molecule has 1 fully saturated rings. The van der Waals surface area contributed by atoms with Gasteiger partial charge in [-0.25, -0.2) is 9.97 Å². The van der Waals surface area contributed by atoms with Crippen molar-refractivity contribution in [3.8, 4) is 0 Å². The fourth-order valence-electron chi connectivity index (χ4n) is 5.24. The lowest BCUT2D eigenvalue weighted by molar-refractivity contribution is -0.144. The molecular formula is C27H30N4O. The van der Waals surface area contributed by atoms with Gasteiger partial charge in [0.05, 0.1) is 5.41 Å². The van der Waals surface area contributed by atoms with Crippen molar-refractivity contribution in [3.05, 3.63) is 88.7 Å². The summed E-state index contributed by atoms with van der Waals surface area (Å²) < 4.78 is 0. The largest absolute Gasteiger partial charge is 0.341 e. The molecule has 1 saturated heterocycles. The fraction of sp³-hybridized carbons (Fsp3) is 0.370. The lowest BCUT2D eigenvalue weighted by Crippen LogP contribution is -2.50. The summed E-state index contributed by atoms with van der Waals surface area (Å²) in [7, 11) is 0. The lowest BCUT2D eigenvalue weighted by atomic mass is 9.73. The Labute approximate surface area is 190 Å². The minimum atomic E-state index is -0.364. The van der Waals surface area contributed by atoms with Crippen molar-refractivity contribution in [1.29, 1.82) is 0 Å². The molecule has 0 N–H and O–H groups in total. The predicted octanol–water partition coefficient (Wildman–Crippen LogP) is 4.47. The van der Waals surface area contributed by atoms with E-state index in [4.69, 9.17) is 0 Å². The zero-order valence-corrected chi connectivity index (χ0v) is 18.9. The molecule has 0 bridgehead atoms. The van der Waals surface area contributed by atoms with Crippen LogP contribution >= 0.6 is 0 Å². The molecule has 2 aliphatic rings. The maximum atomic E-state index is 14.0. The Morgan fingerprint density at radius 1 is 0.875 bits per heavy atom. The van der Waals surface area contributed by atoms with Crippen molar-refractivity contribution in [2.75, 3.05) is 18.0 Å². The third-order valence-electron chi connectivity index (χ3n) is 6.94. The van der Waals surface area contributed by atoms with Crippen LogP contribution in [0.3, 0.4) is 0 Å². The first-order valence-corrected chi connectivity index (χ1v) is 11.5. The Kier molecular flexibility index (Phi) is 5.41. The minimum Gasteiger partial charge on any atom is -0.341 e. The van der Waals surface area contributed by atoms with E-state index in [2.05, 4.69) is 56.2 Å². The molecule has 3 heterocycles. The van der Waals surface area contributed by atoms with Crippen molar-refractivity contribution in [3.63, 3.8) is 0 Å². The molecule has 2 aliphatic heterocycles. The van der Waals surface area contributed by atoms with Gasteiger partial charge in [0.2, 0.25) is 11.9 Å². The molecule has 2 aromatic carbocycles. The molecule has 5 nitrogen and oxygen atoms in total. The molecule has 32 heavy (non-hydrogen) atoms. The average molecular weight is 427 g/mol. The van der Waals surface area contributed by atoms with Crippen molar-refractivity contribution < 1.29 is 4.79 Å².